The maximum absolute atomic E-state index is 14.7. The molecule has 6 nitrogen and oxygen atoms in total. The van der Waals surface area contributed by atoms with E-state index in [1.165, 1.54) is 40.2 Å². The average Bonchev–Trinajstić information content (AvgIpc) is 3.29. The molecular weight excluding hydrogens is 383 g/mol. The normalized spacial score (nSPS) is 14.8. The molecule has 0 fully saturated rings. The van der Waals surface area contributed by atoms with E-state index < -0.39 is 29.1 Å². The summed E-state index contributed by atoms with van der Waals surface area (Å²) in [5.74, 6) is -2.10. The first-order chi connectivity index (χ1) is 13.8. The quantitative estimate of drug-likeness (QED) is 0.556. The van der Waals surface area contributed by atoms with Crippen molar-refractivity contribution < 1.29 is 18.3 Å². The Balaban J connectivity index is 1.91. The van der Waals surface area contributed by atoms with Gasteiger partial charge in [0, 0.05) is 11.6 Å². The first-order valence-electron chi connectivity index (χ1n) is 8.95. The minimum absolute atomic E-state index is 0.125. The van der Waals surface area contributed by atoms with Crippen LogP contribution in [0.4, 0.5) is 13.2 Å². The van der Waals surface area contributed by atoms with Crippen molar-refractivity contribution in [3.8, 4) is 0 Å². The van der Waals surface area contributed by atoms with Gasteiger partial charge in [0.05, 0.1) is 29.2 Å². The molecule has 0 saturated heterocycles. The lowest BCUT2D eigenvalue weighted by Crippen LogP contribution is -2.41. The zero-order valence-electron chi connectivity index (χ0n) is 15.7. The molecule has 4 rings (SSSR count). The lowest BCUT2D eigenvalue weighted by atomic mass is 9.86. The maximum atomic E-state index is 14.7. The first kappa shape index (κ1) is 19.1. The van der Waals surface area contributed by atoms with Gasteiger partial charge in [0.1, 0.15) is 35.7 Å². The number of fused-ring (bicyclic) bond motifs is 1. The summed E-state index contributed by atoms with van der Waals surface area (Å²) in [6.07, 6.45) is 2.67. The van der Waals surface area contributed by atoms with Crippen LogP contribution >= 0.6 is 0 Å². The predicted molar refractivity (Wildman–Crippen MR) is 99.4 cm³/mol. The average molecular weight is 401 g/mol. The third-order valence-corrected chi connectivity index (χ3v) is 5.18. The molecule has 0 bridgehead atoms. The summed E-state index contributed by atoms with van der Waals surface area (Å²) in [6.45, 7) is 3.12. The summed E-state index contributed by atoms with van der Waals surface area (Å²) >= 11 is 0. The van der Waals surface area contributed by atoms with Crippen LogP contribution in [-0.4, -0.2) is 29.7 Å². The fourth-order valence-electron chi connectivity index (χ4n) is 3.67. The molecule has 0 radical (unpaired) electrons. The lowest BCUT2D eigenvalue weighted by Gasteiger charge is -2.35. The third-order valence-electron chi connectivity index (χ3n) is 5.18. The molecule has 2 aromatic heterocycles. The van der Waals surface area contributed by atoms with Gasteiger partial charge in [-0.25, -0.2) is 22.8 Å². The smallest absolute Gasteiger partial charge is 0.137 e. The van der Waals surface area contributed by atoms with Crippen molar-refractivity contribution in [2.24, 2.45) is 0 Å². The fraction of sp³-hybridized carbons (Fsp3) is 0.250. The van der Waals surface area contributed by atoms with Crippen LogP contribution in [0.25, 0.3) is 10.9 Å². The summed E-state index contributed by atoms with van der Waals surface area (Å²) in [5, 5.41) is 20.4. The molecule has 0 saturated carbocycles. The molecular formula is C20H18F3N5O. The van der Waals surface area contributed by atoms with Crippen molar-refractivity contribution in [3.63, 3.8) is 0 Å². The third kappa shape index (κ3) is 3.17. The summed E-state index contributed by atoms with van der Waals surface area (Å²) in [4.78, 5) is 3.85. The van der Waals surface area contributed by atoms with Crippen molar-refractivity contribution in [3.05, 3.63) is 77.8 Å². The second kappa shape index (κ2) is 7.00. The van der Waals surface area contributed by atoms with Gasteiger partial charge in [-0.15, -0.1) is 0 Å². The molecule has 29 heavy (non-hydrogen) atoms. The lowest BCUT2D eigenvalue weighted by molar-refractivity contribution is -0.0355. The Labute approximate surface area is 164 Å². The molecule has 1 N–H and O–H groups in total. The molecule has 2 aromatic carbocycles. The first-order valence-corrected chi connectivity index (χ1v) is 8.95. The van der Waals surface area contributed by atoms with Crippen molar-refractivity contribution in [2.75, 3.05) is 0 Å². The number of benzene rings is 2. The van der Waals surface area contributed by atoms with Crippen molar-refractivity contribution >= 4 is 10.9 Å². The van der Waals surface area contributed by atoms with Gasteiger partial charge in [-0.1, -0.05) is 12.1 Å². The van der Waals surface area contributed by atoms with Crippen molar-refractivity contribution in [2.45, 2.75) is 32.0 Å². The highest BCUT2D eigenvalue weighted by Crippen LogP contribution is 2.38. The van der Waals surface area contributed by atoms with Gasteiger partial charge in [0.25, 0.3) is 0 Å². The van der Waals surface area contributed by atoms with E-state index in [2.05, 4.69) is 15.2 Å². The molecule has 0 amide bonds. The van der Waals surface area contributed by atoms with Crippen LogP contribution in [0.5, 0.6) is 0 Å². The number of rotatable bonds is 5. The number of hydrogen-bond donors (Lipinski definition) is 1. The molecule has 2 atom stereocenters. The van der Waals surface area contributed by atoms with E-state index >= 15 is 0 Å². The highest BCUT2D eigenvalue weighted by Gasteiger charge is 2.41. The molecule has 4 aromatic rings. The summed E-state index contributed by atoms with van der Waals surface area (Å²) < 4.78 is 45.3. The van der Waals surface area contributed by atoms with Gasteiger partial charge in [0.15, 0.2) is 0 Å². The monoisotopic (exact) mass is 401 g/mol. The molecule has 0 aliphatic heterocycles. The van der Waals surface area contributed by atoms with Gasteiger partial charge in [-0.3, -0.25) is 4.68 Å². The second-order valence-corrected chi connectivity index (χ2v) is 6.98. The Bertz CT molecular complexity index is 1170. The highest BCUT2D eigenvalue weighted by atomic mass is 19.1. The number of aryl methyl sites for hydroxylation is 1. The topological polar surface area (TPSA) is 68.8 Å². The van der Waals surface area contributed by atoms with Crippen LogP contribution in [-0.2, 0) is 12.1 Å². The van der Waals surface area contributed by atoms with Gasteiger partial charge in [-0.2, -0.15) is 10.2 Å². The number of aliphatic hydroxyl groups is 1. The summed E-state index contributed by atoms with van der Waals surface area (Å²) in [6, 6.07) is 6.65. The van der Waals surface area contributed by atoms with Crippen molar-refractivity contribution in [1.29, 1.82) is 0 Å². The highest BCUT2D eigenvalue weighted by molar-refractivity contribution is 5.82. The Morgan fingerprint density at radius 2 is 1.93 bits per heavy atom. The van der Waals surface area contributed by atoms with Gasteiger partial charge >= 0.3 is 0 Å². The van der Waals surface area contributed by atoms with E-state index in [0.29, 0.717) is 22.7 Å². The number of hydrogen-bond acceptors (Lipinski definition) is 4. The van der Waals surface area contributed by atoms with E-state index in [9.17, 15) is 18.3 Å². The van der Waals surface area contributed by atoms with Crippen LogP contribution in [0.2, 0.25) is 0 Å². The molecule has 150 valence electrons. The molecule has 0 aliphatic carbocycles. The standard InChI is InChI=1S/C20H18F3N5O/c1-12-19-16(22)4-3-5-18(19)28(26-12)13(2)20(29,9-27-11-24-10-25-27)15-7-6-14(21)8-17(15)23/h3-8,10-11,13,29H,9H2,1-2H3/t13-,20-/m1/s1. The molecule has 0 aliphatic rings. The largest absolute Gasteiger partial charge is 0.381 e. The van der Waals surface area contributed by atoms with Crippen LogP contribution in [0, 0.1) is 24.4 Å². The molecule has 0 spiro atoms. The summed E-state index contributed by atoms with van der Waals surface area (Å²) in [7, 11) is 0. The maximum Gasteiger partial charge on any atom is 0.137 e. The SMILES string of the molecule is Cc1nn([C@H](C)[C@](O)(Cn2cncn2)c2ccc(F)cc2F)c2cccc(F)c12. The van der Waals surface area contributed by atoms with Gasteiger partial charge in [0.2, 0.25) is 0 Å². The van der Waals surface area contributed by atoms with Crippen LogP contribution in [0.15, 0.2) is 49.1 Å². The number of nitrogens with zero attached hydrogens (tertiary/aromatic N) is 5. The zero-order chi connectivity index (χ0) is 20.8. The van der Waals surface area contributed by atoms with E-state index in [1.54, 1.807) is 19.9 Å². The minimum Gasteiger partial charge on any atom is -0.381 e. The van der Waals surface area contributed by atoms with Crippen LogP contribution < -0.4 is 0 Å². The predicted octanol–water partition coefficient (Wildman–Crippen LogP) is 3.50. The van der Waals surface area contributed by atoms with E-state index in [0.717, 1.165) is 6.07 Å². The Morgan fingerprint density at radius 3 is 2.62 bits per heavy atom. The second-order valence-electron chi connectivity index (χ2n) is 6.98. The summed E-state index contributed by atoms with van der Waals surface area (Å²) in [5.41, 5.74) is -1.12. The Hall–Kier alpha value is -3.20. The Kier molecular flexibility index (Phi) is 4.62. The fourth-order valence-corrected chi connectivity index (χ4v) is 3.67. The molecule has 0 unspecified atom stereocenters. The van der Waals surface area contributed by atoms with E-state index in [-0.39, 0.29) is 12.1 Å². The van der Waals surface area contributed by atoms with Crippen molar-refractivity contribution in [1.82, 2.24) is 24.5 Å². The van der Waals surface area contributed by atoms with Crippen LogP contribution in [0.1, 0.15) is 24.2 Å². The molecule has 9 heteroatoms. The Morgan fingerprint density at radius 1 is 1.14 bits per heavy atom. The van der Waals surface area contributed by atoms with Crippen LogP contribution in [0.3, 0.4) is 0 Å². The number of halogens is 3. The zero-order valence-corrected chi connectivity index (χ0v) is 15.7. The van der Waals surface area contributed by atoms with E-state index in [4.69, 9.17) is 0 Å². The number of aromatic nitrogens is 5. The van der Waals surface area contributed by atoms with Gasteiger partial charge in [-0.05, 0) is 32.0 Å². The minimum atomic E-state index is -1.89. The van der Waals surface area contributed by atoms with E-state index in [1.807, 2.05) is 0 Å². The molecule has 2 heterocycles. The van der Waals surface area contributed by atoms with Gasteiger partial charge < -0.3 is 5.11 Å².